The Morgan fingerprint density at radius 1 is 1.25 bits per heavy atom. The van der Waals surface area contributed by atoms with E-state index < -0.39 is 10.0 Å². The number of rotatable bonds is 4. The molecule has 2 rings (SSSR count). The quantitative estimate of drug-likeness (QED) is 0.871. The van der Waals surface area contributed by atoms with E-state index in [1.54, 1.807) is 24.3 Å². The summed E-state index contributed by atoms with van der Waals surface area (Å²) in [5.41, 5.74) is 1.23. The van der Waals surface area contributed by atoms with Crippen molar-refractivity contribution in [2.45, 2.75) is 31.1 Å². The van der Waals surface area contributed by atoms with Gasteiger partial charge < -0.3 is 5.32 Å². The van der Waals surface area contributed by atoms with Crippen LogP contribution in [0.1, 0.15) is 30.4 Å². The van der Waals surface area contributed by atoms with Crippen LogP contribution in [0.4, 0.5) is 0 Å². The van der Waals surface area contributed by atoms with Crippen molar-refractivity contribution in [2.75, 3.05) is 13.1 Å². The van der Waals surface area contributed by atoms with Crippen LogP contribution in [-0.2, 0) is 15.8 Å². The summed E-state index contributed by atoms with van der Waals surface area (Å²) in [5, 5.41) is 12.0. The van der Waals surface area contributed by atoms with Crippen LogP contribution < -0.4 is 10.0 Å². The first kappa shape index (κ1) is 15.0. The second-order valence-electron chi connectivity index (χ2n) is 5.06. The van der Waals surface area contributed by atoms with Crippen LogP contribution in [0.25, 0.3) is 0 Å². The minimum Gasteiger partial charge on any atom is -0.317 e. The van der Waals surface area contributed by atoms with Gasteiger partial charge in [-0.2, -0.15) is 5.26 Å². The summed E-state index contributed by atoms with van der Waals surface area (Å²) in [5.74, 6) is -0.0391. The minimum absolute atomic E-state index is 0.0216. The second kappa shape index (κ2) is 6.84. The highest BCUT2D eigenvalue weighted by atomic mass is 32.2. The highest BCUT2D eigenvalue weighted by Gasteiger charge is 2.19. The molecule has 1 unspecified atom stereocenters. The van der Waals surface area contributed by atoms with Gasteiger partial charge in [0.2, 0.25) is 10.0 Å². The Bertz CT molecular complexity index is 567. The lowest BCUT2D eigenvalue weighted by molar-refractivity contribution is 0.517. The number of nitrogens with zero attached hydrogens (tertiary/aromatic N) is 1. The van der Waals surface area contributed by atoms with E-state index in [1.807, 2.05) is 6.07 Å². The first-order valence-corrected chi connectivity index (χ1v) is 8.44. The van der Waals surface area contributed by atoms with Crippen LogP contribution in [-0.4, -0.2) is 27.5 Å². The van der Waals surface area contributed by atoms with Crippen LogP contribution in [0.2, 0.25) is 0 Å². The molecule has 1 saturated heterocycles. The zero-order chi connectivity index (χ0) is 14.4. The van der Waals surface area contributed by atoms with E-state index >= 15 is 0 Å². The topological polar surface area (TPSA) is 82.0 Å². The van der Waals surface area contributed by atoms with Crippen molar-refractivity contribution < 1.29 is 8.42 Å². The van der Waals surface area contributed by atoms with Crippen LogP contribution in [0.3, 0.4) is 0 Å². The van der Waals surface area contributed by atoms with Crippen molar-refractivity contribution in [1.29, 1.82) is 5.26 Å². The second-order valence-corrected chi connectivity index (χ2v) is 6.82. The molecule has 5 nitrogen and oxygen atoms in total. The van der Waals surface area contributed by atoms with Gasteiger partial charge in [0, 0.05) is 6.04 Å². The van der Waals surface area contributed by atoms with E-state index in [0.29, 0.717) is 11.1 Å². The first-order chi connectivity index (χ1) is 9.59. The molecular weight excluding hydrogens is 274 g/mol. The highest BCUT2D eigenvalue weighted by molar-refractivity contribution is 7.88. The molecule has 0 bridgehead atoms. The number of nitrogens with one attached hydrogen (secondary N) is 2. The zero-order valence-electron chi connectivity index (χ0n) is 11.3. The Kier molecular flexibility index (Phi) is 5.12. The maximum atomic E-state index is 12.1. The summed E-state index contributed by atoms with van der Waals surface area (Å²) >= 11 is 0. The molecule has 1 aromatic rings. The number of benzene rings is 1. The summed E-state index contributed by atoms with van der Waals surface area (Å²) in [6, 6.07) is 8.69. The van der Waals surface area contributed by atoms with Gasteiger partial charge in [-0.25, -0.2) is 13.1 Å². The molecule has 1 aliphatic heterocycles. The molecule has 0 radical (unpaired) electrons. The van der Waals surface area contributed by atoms with Gasteiger partial charge in [0.15, 0.2) is 0 Å². The Balaban J connectivity index is 1.97. The van der Waals surface area contributed by atoms with Crippen molar-refractivity contribution in [2.24, 2.45) is 0 Å². The number of sulfonamides is 1. The lowest BCUT2D eigenvalue weighted by atomic mass is 10.1. The van der Waals surface area contributed by atoms with Crippen molar-refractivity contribution >= 4 is 10.0 Å². The molecule has 1 aromatic carbocycles. The fourth-order valence-electron chi connectivity index (χ4n) is 2.33. The third kappa shape index (κ3) is 4.60. The van der Waals surface area contributed by atoms with Crippen LogP contribution in [0, 0.1) is 11.3 Å². The van der Waals surface area contributed by atoms with Gasteiger partial charge in [0.1, 0.15) is 0 Å². The number of nitriles is 1. The summed E-state index contributed by atoms with van der Waals surface area (Å²) in [7, 11) is -3.33. The lowest BCUT2D eigenvalue weighted by Crippen LogP contribution is -2.36. The standard InChI is InChI=1S/C14H19N3O2S/c15-10-12-3-5-13(6-4-12)11-20(18,19)17-14-2-1-8-16-9-7-14/h3-6,14,16-17H,1-2,7-9,11H2. The molecule has 2 N–H and O–H groups in total. The van der Waals surface area contributed by atoms with E-state index in [-0.39, 0.29) is 11.8 Å². The SMILES string of the molecule is N#Cc1ccc(CS(=O)(=O)NC2CCCNCC2)cc1. The average molecular weight is 293 g/mol. The van der Waals surface area contributed by atoms with Crippen molar-refractivity contribution in [1.82, 2.24) is 10.0 Å². The van der Waals surface area contributed by atoms with E-state index in [4.69, 9.17) is 5.26 Å². The predicted molar refractivity (Wildman–Crippen MR) is 77.4 cm³/mol. The van der Waals surface area contributed by atoms with E-state index in [0.717, 1.165) is 32.4 Å². The van der Waals surface area contributed by atoms with E-state index in [9.17, 15) is 8.42 Å². The molecule has 0 aliphatic carbocycles. The van der Waals surface area contributed by atoms with Crippen LogP contribution in [0.5, 0.6) is 0 Å². The van der Waals surface area contributed by atoms with Crippen molar-refractivity contribution in [3.8, 4) is 6.07 Å². The predicted octanol–water partition coefficient (Wildman–Crippen LogP) is 1.12. The molecular formula is C14H19N3O2S. The smallest absolute Gasteiger partial charge is 0.216 e. The Labute approximate surface area is 120 Å². The lowest BCUT2D eigenvalue weighted by Gasteiger charge is -2.16. The van der Waals surface area contributed by atoms with Gasteiger partial charge in [-0.15, -0.1) is 0 Å². The molecule has 0 spiro atoms. The molecule has 0 amide bonds. The highest BCUT2D eigenvalue weighted by Crippen LogP contribution is 2.11. The molecule has 0 saturated carbocycles. The fourth-order valence-corrected chi connectivity index (χ4v) is 3.79. The molecule has 0 aromatic heterocycles. The Morgan fingerprint density at radius 2 is 2.00 bits per heavy atom. The van der Waals surface area contributed by atoms with Gasteiger partial charge in [-0.05, 0) is 50.0 Å². The third-order valence-electron chi connectivity index (χ3n) is 3.36. The third-order valence-corrected chi connectivity index (χ3v) is 4.77. The molecule has 1 fully saturated rings. The fraction of sp³-hybridized carbons (Fsp3) is 0.500. The molecule has 108 valence electrons. The average Bonchev–Trinajstić information content (AvgIpc) is 2.67. The summed E-state index contributed by atoms with van der Waals surface area (Å²) in [6.07, 6.45) is 2.69. The zero-order valence-corrected chi connectivity index (χ0v) is 12.1. The van der Waals surface area contributed by atoms with Gasteiger partial charge in [-0.3, -0.25) is 0 Å². The van der Waals surface area contributed by atoms with Gasteiger partial charge >= 0.3 is 0 Å². The van der Waals surface area contributed by atoms with Gasteiger partial charge in [0.05, 0.1) is 17.4 Å². The van der Waals surface area contributed by atoms with Crippen LogP contribution >= 0.6 is 0 Å². The molecule has 6 heteroatoms. The summed E-state index contributed by atoms with van der Waals surface area (Å²) < 4.78 is 27.1. The first-order valence-electron chi connectivity index (χ1n) is 6.79. The van der Waals surface area contributed by atoms with E-state index in [2.05, 4.69) is 10.0 Å². The molecule has 20 heavy (non-hydrogen) atoms. The molecule has 1 atom stereocenters. The Morgan fingerprint density at radius 3 is 2.70 bits per heavy atom. The normalized spacial score (nSPS) is 20.1. The van der Waals surface area contributed by atoms with Crippen molar-refractivity contribution in [3.05, 3.63) is 35.4 Å². The monoisotopic (exact) mass is 293 g/mol. The van der Waals surface area contributed by atoms with Crippen molar-refractivity contribution in [3.63, 3.8) is 0 Å². The molecule has 1 aliphatic rings. The maximum absolute atomic E-state index is 12.1. The maximum Gasteiger partial charge on any atom is 0.216 e. The summed E-state index contributed by atoms with van der Waals surface area (Å²) in [4.78, 5) is 0. The number of hydrogen-bond donors (Lipinski definition) is 2. The Hall–Kier alpha value is -1.42. The summed E-state index contributed by atoms with van der Waals surface area (Å²) in [6.45, 7) is 1.80. The number of hydrogen-bond acceptors (Lipinski definition) is 4. The van der Waals surface area contributed by atoms with Crippen LogP contribution in [0.15, 0.2) is 24.3 Å². The van der Waals surface area contributed by atoms with Gasteiger partial charge in [-0.1, -0.05) is 12.1 Å². The largest absolute Gasteiger partial charge is 0.317 e. The van der Waals surface area contributed by atoms with E-state index in [1.165, 1.54) is 0 Å². The molecule has 1 heterocycles. The minimum atomic E-state index is -3.33. The van der Waals surface area contributed by atoms with Gasteiger partial charge in [0.25, 0.3) is 0 Å².